The number of ether oxygens (including phenoxy) is 1. The van der Waals surface area contributed by atoms with Gasteiger partial charge in [0.25, 0.3) is 0 Å². The summed E-state index contributed by atoms with van der Waals surface area (Å²) in [5, 5.41) is 7.02. The first-order valence-corrected chi connectivity index (χ1v) is 11.6. The summed E-state index contributed by atoms with van der Waals surface area (Å²) in [5.41, 5.74) is 1.16. The minimum absolute atomic E-state index is 0.451. The van der Waals surface area contributed by atoms with Crippen LogP contribution in [0.2, 0.25) is 0 Å². The molecule has 29 heavy (non-hydrogen) atoms. The number of aliphatic imine (C=N–C) groups is 1. The van der Waals surface area contributed by atoms with E-state index in [9.17, 15) is 0 Å². The van der Waals surface area contributed by atoms with Crippen LogP contribution < -0.4 is 10.6 Å². The molecule has 0 radical (unpaired) electrons. The minimum atomic E-state index is 0.451. The fourth-order valence-corrected chi connectivity index (χ4v) is 4.25. The van der Waals surface area contributed by atoms with Gasteiger partial charge in [0.15, 0.2) is 5.96 Å². The van der Waals surface area contributed by atoms with Crippen LogP contribution in [0.4, 0.5) is 0 Å². The average molecular weight is 402 g/mol. The molecule has 2 aliphatic rings. The second-order valence-corrected chi connectivity index (χ2v) is 8.26. The van der Waals surface area contributed by atoms with Crippen LogP contribution in [0, 0.1) is 0 Å². The molecule has 162 valence electrons. The summed E-state index contributed by atoms with van der Waals surface area (Å²) in [6, 6.07) is 6.63. The van der Waals surface area contributed by atoms with E-state index in [4.69, 9.17) is 9.73 Å². The number of guanidine groups is 1. The van der Waals surface area contributed by atoms with Crippen molar-refractivity contribution >= 4 is 5.96 Å². The van der Waals surface area contributed by atoms with Crippen LogP contribution in [0.25, 0.3) is 0 Å². The molecule has 0 aromatic carbocycles. The second kappa shape index (κ2) is 12.8. The molecule has 0 spiro atoms. The molecule has 2 heterocycles. The highest BCUT2D eigenvalue weighted by Crippen LogP contribution is 2.19. The van der Waals surface area contributed by atoms with Gasteiger partial charge in [-0.3, -0.25) is 14.9 Å². The second-order valence-electron chi connectivity index (χ2n) is 8.26. The SMILES string of the molecule is CCNC(=NCCOC1CCCCCC1)NC1CCN(Cc2ccccn2)CC1. The van der Waals surface area contributed by atoms with Crippen molar-refractivity contribution in [2.45, 2.75) is 77.0 Å². The molecule has 1 saturated carbocycles. The molecule has 0 unspecified atom stereocenters. The fourth-order valence-electron chi connectivity index (χ4n) is 4.25. The minimum Gasteiger partial charge on any atom is -0.376 e. The van der Waals surface area contributed by atoms with E-state index in [0.29, 0.717) is 12.1 Å². The Kier molecular flexibility index (Phi) is 9.73. The van der Waals surface area contributed by atoms with E-state index in [0.717, 1.165) is 63.8 Å². The van der Waals surface area contributed by atoms with Gasteiger partial charge in [0, 0.05) is 38.4 Å². The number of rotatable bonds is 8. The Labute approximate surface area is 176 Å². The molecule has 3 rings (SSSR count). The first-order chi connectivity index (χ1) is 14.3. The van der Waals surface area contributed by atoms with Crippen molar-refractivity contribution in [1.29, 1.82) is 0 Å². The van der Waals surface area contributed by atoms with Crippen LogP contribution in [0.15, 0.2) is 29.4 Å². The van der Waals surface area contributed by atoms with Gasteiger partial charge in [-0.1, -0.05) is 31.7 Å². The highest BCUT2D eigenvalue weighted by atomic mass is 16.5. The fraction of sp³-hybridized carbons (Fsp3) is 0.739. The van der Waals surface area contributed by atoms with Gasteiger partial charge in [-0.2, -0.15) is 0 Å². The van der Waals surface area contributed by atoms with E-state index in [1.54, 1.807) is 0 Å². The van der Waals surface area contributed by atoms with E-state index in [1.807, 2.05) is 12.3 Å². The first kappa shape index (κ1) is 22.0. The zero-order valence-electron chi connectivity index (χ0n) is 18.1. The number of nitrogens with one attached hydrogen (secondary N) is 2. The molecule has 1 saturated heterocycles. The highest BCUT2D eigenvalue weighted by Gasteiger charge is 2.20. The molecule has 1 aliphatic carbocycles. The zero-order chi connectivity index (χ0) is 20.2. The van der Waals surface area contributed by atoms with Gasteiger partial charge in [-0.25, -0.2) is 0 Å². The van der Waals surface area contributed by atoms with Crippen molar-refractivity contribution in [3.63, 3.8) is 0 Å². The van der Waals surface area contributed by atoms with Crippen LogP contribution in [0.5, 0.6) is 0 Å². The van der Waals surface area contributed by atoms with Crippen molar-refractivity contribution in [2.24, 2.45) is 4.99 Å². The molecule has 1 aromatic rings. The Bertz CT molecular complexity index is 578. The van der Waals surface area contributed by atoms with Crippen LogP contribution in [0.3, 0.4) is 0 Å². The molecule has 0 atom stereocenters. The van der Waals surface area contributed by atoms with Gasteiger partial charge in [0.05, 0.1) is 24.9 Å². The number of aromatic nitrogens is 1. The smallest absolute Gasteiger partial charge is 0.191 e. The molecule has 1 aliphatic heterocycles. The molecule has 2 fully saturated rings. The summed E-state index contributed by atoms with van der Waals surface area (Å²) >= 11 is 0. The zero-order valence-corrected chi connectivity index (χ0v) is 18.1. The predicted octanol–water partition coefficient (Wildman–Crippen LogP) is 3.34. The van der Waals surface area contributed by atoms with Gasteiger partial charge in [-0.05, 0) is 44.7 Å². The molecule has 6 nitrogen and oxygen atoms in total. The summed E-state index contributed by atoms with van der Waals surface area (Å²) in [5.74, 6) is 0.931. The maximum Gasteiger partial charge on any atom is 0.191 e. The maximum atomic E-state index is 6.08. The summed E-state index contributed by atoms with van der Waals surface area (Å²) in [4.78, 5) is 11.7. The Morgan fingerprint density at radius 3 is 2.62 bits per heavy atom. The van der Waals surface area contributed by atoms with Crippen molar-refractivity contribution in [3.8, 4) is 0 Å². The van der Waals surface area contributed by atoms with E-state index in [1.165, 1.54) is 38.5 Å². The van der Waals surface area contributed by atoms with Crippen molar-refractivity contribution < 1.29 is 4.74 Å². The lowest BCUT2D eigenvalue weighted by Gasteiger charge is -2.32. The normalized spacial score (nSPS) is 20.4. The van der Waals surface area contributed by atoms with Crippen LogP contribution in [0.1, 0.15) is 64.0 Å². The summed E-state index contributed by atoms with van der Waals surface area (Å²) < 4.78 is 6.08. The van der Waals surface area contributed by atoms with Crippen molar-refractivity contribution in [1.82, 2.24) is 20.5 Å². The standard InChI is InChI=1S/C23H39N5O/c1-2-24-23(26-15-18-29-22-10-5-3-4-6-11-22)27-20-12-16-28(17-13-20)19-21-9-7-8-14-25-21/h7-9,14,20,22H,2-6,10-13,15-19H2,1H3,(H2,24,26,27). The number of nitrogens with zero attached hydrogens (tertiary/aromatic N) is 3. The van der Waals surface area contributed by atoms with Crippen LogP contribution in [-0.4, -0.2) is 60.8 Å². The van der Waals surface area contributed by atoms with Gasteiger partial charge < -0.3 is 15.4 Å². The summed E-state index contributed by atoms with van der Waals surface area (Å²) in [6.45, 7) is 7.59. The Morgan fingerprint density at radius 2 is 1.93 bits per heavy atom. The lowest BCUT2D eigenvalue weighted by Crippen LogP contribution is -2.48. The topological polar surface area (TPSA) is 61.8 Å². The van der Waals surface area contributed by atoms with E-state index in [-0.39, 0.29) is 0 Å². The number of likely N-dealkylation sites (tertiary alicyclic amines) is 1. The molecular weight excluding hydrogens is 362 g/mol. The van der Waals surface area contributed by atoms with Gasteiger partial charge in [-0.15, -0.1) is 0 Å². The Balaban J connectivity index is 1.36. The molecule has 0 bridgehead atoms. The third-order valence-electron chi connectivity index (χ3n) is 5.90. The lowest BCUT2D eigenvalue weighted by atomic mass is 10.0. The highest BCUT2D eigenvalue weighted by molar-refractivity contribution is 5.80. The largest absolute Gasteiger partial charge is 0.376 e. The third-order valence-corrected chi connectivity index (χ3v) is 5.90. The average Bonchev–Trinajstić information content (AvgIpc) is 3.02. The molecular formula is C23H39N5O. The summed E-state index contributed by atoms with van der Waals surface area (Å²) in [6.07, 6.45) is 12.4. The monoisotopic (exact) mass is 401 g/mol. The maximum absolute atomic E-state index is 6.08. The van der Waals surface area contributed by atoms with E-state index < -0.39 is 0 Å². The van der Waals surface area contributed by atoms with Gasteiger partial charge in [0.1, 0.15) is 0 Å². The molecule has 1 aromatic heterocycles. The number of hydrogen-bond acceptors (Lipinski definition) is 4. The van der Waals surface area contributed by atoms with E-state index in [2.05, 4.69) is 39.6 Å². The number of pyridine rings is 1. The van der Waals surface area contributed by atoms with Gasteiger partial charge in [0.2, 0.25) is 0 Å². The van der Waals surface area contributed by atoms with Crippen LogP contribution in [-0.2, 0) is 11.3 Å². The predicted molar refractivity (Wildman–Crippen MR) is 119 cm³/mol. The summed E-state index contributed by atoms with van der Waals surface area (Å²) in [7, 11) is 0. The molecule has 6 heteroatoms. The first-order valence-electron chi connectivity index (χ1n) is 11.6. The van der Waals surface area contributed by atoms with E-state index >= 15 is 0 Å². The quantitative estimate of drug-likeness (QED) is 0.303. The number of piperidine rings is 1. The van der Waals surface area contributed by atoms with Gasteiger partial charge >= 0.3 is 0 Å². The molecule has 0 amide bonds. The number of hydrogen-bond donors (Lipinski definition) is 2. The molecule has 2 N–H and O–H groups in total. The van der Waals surface area contributed by atoms with Crippen molar-refractivity contribution in [2.75, 3.05) is 32.8 Å². The third kappa shape index (κ3) is 8.31. The lowest BCUT2D eigenvalue weighted by molar-refractivity contribution is 0.0487. The Hall–Kier alpha value is -1.66. The van der Waals surface area contributed by atoms with Crippen molar-refractivity contribution in [3.05, 3.63) is 30.1 Å². The Morgan fingerprint density at radius 1 is 1.14 bits per heavy atom. The van der Waals surface area contributed by atoms with Crippen LogP contribution >= 0.6 is 0 Å².